The predicted molar refractivity (Wildman–Crippen MR) is 134 cm³/mol. The van der Waals surface area contributed by atoms with Crippen LogP contribution in [0, 0.1) is 19.7 Å². The molecule has 6 aromatic rings. The Morgan fingerprint density at radius 3 is 2.41 bits per heavy atom. The lowest BCUT2D eigenvalue weighted by molar-refractivity contribution is 0.535. The van der Waals surface area contributed by atoms with E-state index in [9.17, 15) is 14.0 Å². The van der Waals surface area contributed by atoms with Crippen molar-refractivity contribution >= 4 is 16.8 Å². The molecule has 0 unspecified atom stereocenters. The van der Waals surface area contributed by atoms with Gasteiger partial charge in [-0.1, -0.05) is 29.8 Å². The van der Waals surface area contributed by atoms with Crippen LogP contribution in [0.1, 0.15) is 22.6 Å². The first-order chi connectivity index (χ1) is 17.8. The molecule has 0 atom stereocenters. The molecule has 10 nitrogen and oxygen atoms in total. The highest BCUT2D eigenvalue weighted by atomic mass is 19.1. The van der Waals surface area contributed by atoms with Crippen molar-refractivity contribution in [1.29, 1.82) is 0 Å². The molecule has 0 saturated carbocycles. The number of benzene rings is 2. The van der Waals surface area contributed by atoms with E-state index in [1.54, 1.807) is 32.3 Å². The van der Waals surface area contributed by atoms with Crippen molar-refractivity contribution in [3.05, 3.63) is 104 Å². The van der Waals surface area contributed by atoms with Crippen molar-refractivity contribution in [2.45, 2.75) is 26.9 Å². The first kappa shape index (κ1) is 22.7. The first-order valence-corrected chi connectivity index (χ1v) is 11.6. The third-order valence-electron chi connectivity index (χ3n) is 6.31. The molecule has 6 rings (SSSR count). The molecular weight excluding hydrogens is 477 g/mol. The van der Waals surface area contributed by atoms with Crippen molar-refractivity contribution in [3.63, 3.8) is 0 Å². The molecule has 0 amide bonds. The summed E-state index contributed by atoms with van der Waals surface area (Å²) < 4.78 is 24.8. The van der Waals surface area contributed by atoms with Gasteiger partial charge in [-0.2, -0.15) is 5.10 Å². The van der Waals surface area contributed by atoms with Crippen LogP contribution in [0.15, 0.2) is 68.7 Å². The lowest BCUT2D eigenvalue weighted by Gasteiger charge is -2.07. The van der Waals surface area contributed by atoms with Crippen LogP contribution >= 0.6 is 0 Å². The number of halogens is 1. The zero-order valence-corrected chi connectivity index (χ0v) is 20.3. The average molecular weight is 500 g/mol. The molecular formula is C26H22FN7O3. The maximum absolute atomic E-state index is 13.5. The monoisotopic (exact) mass is 499 g/mol. The summed E-state index contributed by atoms with van der Waals surface area (Å²) in [5.74, 6) is 0.788. The molecule has 0 N–H and O–H groups in total. The highest BCUT2D eigenvalue weighted by molar-refractivity contribution is 5.75. The van der Waals surface area contributed by atoms with Crippen LogP contribution in [0.3, 0.4) is 0 Å². The number of oxazole rings is 1. The quantitative estimate of drug-likeness (QED) is 0.361. The lowest BCUT2D eigenvalue weighted by atomic mass is 10.1. The van der Waals surface area contributed by atoms with Gasteiger partial charge in [0.1, 0.15) is 22.8 Å². The number of aryl methyl sites for hydroxylation is 3. The van der Waals surface area contributed by atoms with Crippen molar-refractivity contribution in [1.82, 2.24) is 33.5 Å². The molecule has 0 spiro atoms. The Morgan fingerprint density at radius 2 is 1.68 bits per heavy atom. The summed E-state index contributed by atoms with van der Waals surface area (Å²) in [7, 11) is 1.68. The zero-order chi connectivity index (χ0) is 25.8. The molecule has 4 heterocycles. The van der Waals surface area contributed by atoms with E-state index in [1.807, 2.05) is 31.2 Å². The second-order valence-electron chi connectivity index (χ2n) is 9.02. The average Bonchev–Trinajstić information content (AvgIpc) is 3.54. The van der Waals surface area contributed by atoms with E-state index < -0.39 is 11.2 Å². The van der Waals surface area contributed by atoms with Crippen LogP contribution in [0.4, 0.5) is 4.39 Å². The fraction of sp³-hybridized carbons (Fsp3) is 0.192. The van der Waals surface area contributed by atoms with E-state index in [-0.39, 0.29) is 30.2 Å². The number of nitrogens with zero attached hydrogens (tertiary/aromatic N) is 7. The van der Waals surface area contributed by atoms with E-state index in [4.69, 9.17) is 4.42 Å². The summed E-state index contributed by atoms with van der Waals surface area (Å²) in [6, 6.07) is 13.6. The molecule has 0 bridgehead atoms. The molecule has 0 aliphatic carbocycles. The van der Waals surface area contributed by atoms with E-state index in [0.717, 1.165) is 11.1 Å². The molecule has 0 aliphatic rings. The highest BCUT2D eigenvalue weighted by Gasteiger charge is 2.21. The van der Waals surface area contributed by atoms with Gasteiger partial charge in [-0.15, -0.1) is 5.10 Å². The maximum atomic E-state index is 13.5. The van der Waals surface area contributed by atoms with Crippen LogP contribution in [0.25, 0.3) is 28.3 Å². The van der Waals surface area contributed by atoms with Gasteiger partial charge in [-0.25, -0.2) is 23.3 Å². The van der Waals surface area contributed by atoms with Crippen molar-refractivity contribution in [2.24, 2.45) is 7.05 Å². The summed E-state index contributed by atoms with van der Waals surface area (Å²) in [6.45, 7) is 3.92. The predicted octanol–water partition coefficient (Wildman–Crippen LogP) is 3.05. The highest BCUT2D eigenvalue weighted by Crippen LogP contribution is 2.22. The molecule has 11 heteroatoms. The van der Waals surface area contributed by atoms with Gasteiger partial charge < -0.3 is 4.42 Å². The third-order valence-corrected chi connectivity index (χ3v) is 6.31. The minimum absolute atomic E-state index is 0.0498. The molecule has 0 fully saturated rings. The van der Waals surface area contributed by atoms with E-state index in [2.05, 4.69) is 15.2 Å². The Balaban J connectivity index is 1.48. The number of aromatic nitrogens is 7. The molecule has 0 saturated heterocycles. The molecule has 186 valence electrons. The Labute approximate surface area is 208 Å². The van der Waals surface area contributed by atoms with Gasteiger partial charge >= 0.3 is 5.69 Å². The van der Waals surface area contributed by atoms with Crippen molar-refractivity contribution in [3.8, 4) is 11.5 Å². The summed E-state index contributed by atoms with van der Waals surface area (Å²) in [5.41, 5.74) is 2.83. The fourth-order valence-corrected chi connectivity index (χ4v) is 4.35. The smallest absolute Gasteiger partial charge is 0.352 e. The van der Waals surface area contributed by atoms with Gasteiger partial charge in [0.15, 0.2) is 5.52 Å². The second-order valence-corrected chi connectivity index (χ2v) is 9.02. The fourth-order valence-electron chi connectivity index (χ4n) is 4.35. The van der Waals surface area contributed by atoms with Gasteiger partial charge in [-0.3, -0.25) is 14.0 Å². The van der Waals surface area contributed by atoms with Crippen LogP contribution in [0.2, 0.25) is 0 Å². The zero-order valence-electron chi connectivity index (χ0n) is 20.3. The Kier molecular flexibility index (Phi) is 5.14. The number of rotatable bonds is 5. The molecule has 0 aliphatic heterocycles. The Bertz CT molecular complexity index is 1910. The second kappa shape index (κ2) is 8.40. The number of hydrogen-bond donors (Lipinski definition) is 0. The summed E-state index contributed by atoms with van der Waals surface area (Å²) in [5, 5.41) is 8.78. The van der Waals surface area contributed by atoms with Crippen molar-refractivity contribution in [2.75, 3.05) is 0 Å². The standard InChI is InChI=1S/C26H22FN7O3/c1-15-4-8-18(9-5-15)23-28-20(16(2)37-23)13-33-26(36)34-21-14-31(3)29-22(21)24(35)32(25(34)30-33)12-17-6-10-19(27)11-7-17/h4-11,14H,12-13H2,1-3H3. The molecule has 4 aromatic heterocycles. The Hall–Kier alpha value is -4.80. The summed E-state index contributed by atoms with van der Waals surface area (Å²) >= 11 is 0. The van der Waals surface area contributed by atoms with Crippen molar-refractivity contribution < 1.29 is 8.81 Å². The SMILES string of the molecule is Cc1ccc(-c2nc(Cn3nc4n(Cc5ccc(F)cc5)c(=O)c5nn(C)cc5n4c3=O)c(C)o2)cc1. The van der Waals surface area contributed by atoms with Crippen LogP contribution in [-0.4, -0.2) is 33.5 Å². The topological polar surface area (TPSA) is 105 Å². The van der Waals surface area contributed by atoms with Gasteiger partial charge in [0.05, 0.1) is 13.1 Å². The van der Waals surface area contributed by atoms with Gasteiger partial charge in [0.2, 0.25) is 11.7 Å². The Morgan fingerprint density at radius 1 is 0.946 bits per heavy atom. The van der Waals surface area contributed by atoms with E-state index in [1.165, 1.54) is 30.5 Å². The van der Waals surface area contributed by atoms with Gasteiger partial charge in [-0.05, 0) is 43.7 Å². The lowest BCUT2D eigenvalue weighted by Crippen LogP contribution is -2.26. The van der Waals surface area contributed by atoms with Crippen LogP contribution < -0.4 is 11.2 Å². The minimum Gasteiger partial charge on any atom is -0.441 e. The summed E-state index contributed by atoms with van der Waals surface area (Å²) in [6.07, 6.45) is 1.61. The minimum atomic E-state index is -0.444. The largest absolute Gasteiger partial charge is 0.441 e. The van der Waals surface area contributed by atoms with Gasteiger partial charge in [0.25, 0.3) is 5.56 Å². The molecule has 0 radical (unpaired) electrons. The third kappa shape index (κ3) is 3.84. The maximum Gasteiger partial charge on any atom is 0.352 e. The molecule has 2 aromatic carbocycles. The van der Waals surface area contributed by atoms with E-state index >= 15 is 0 Å². The van der Waals surface area contributed by atoms with Crippen LogP contribution in [0.5, 0.6) is 0 Å². The molecule has 37 heavy (non-hydrogen) atoms. The van der Waals surface area contributed by atoms with E-state index in [0.29, 0.717) is 28.4 Å². The first-order valence-electron chi connectivity index (χ1n) is 11.6. The normalized spacial score (nSPS) is 11.7. The number of fused-ring (bicyclic) bond motifs is 3. The van der Waals surface area contributed by atoms with Gasteiger partial charge in [0, 0.05) is 18.8 Å². The van der Waals surface area contributed by atoms with Crippen LogP contribution in [-0.2, 0) is 20.1 Å². The number of hydrogen-bond acceptors (Lipinski definition) is 6. The summed E-state index contributed by atoms with van der Waals surface area (Å²) in [4.78, 5) is 31.5.